The zero-order chi connectivity index (χ0) is 19.1. The van der Waals surface area contributed by atoms with Crippen LogP contribution in [0, 0.1) is 6.92 Å². The number of aryl methyl sites for hydroxylation is 2. The Morgan fingerprint density at radius 2 is 1.52 bits per heavy atom. The highest BCUT2D eigenvalue weighted by Gasteiger charge is 2.19. The summed E-state index contributed by atoms with van der Waals surface area (Å²) in [7, 11) is 3.38. The number of nitrogens with zero attached hydrogens (tertiary/aromatic N) is 3. The first-order valence-electron chi connectivity index (χ1n) is 8.87. The summed E-state index contributed by atoms with van der Waals surface area (Å²) in [6.07, 6.45) is 1.92. The maximum atomic E-state index is 13.0. The van der Waals surface area contributed by atoms with Crippen molar-refractivity contribution in [2.75, 3.05) is 0 Å². The SMILES string of the molecule is Cc1ccc(Cn2c(=O)n(C)c(=O)c3c2c(-c2ccccc2)cn3C)cc1. The lowest BCUT2D eigenvalue weighted by Crippen LogP contribution is -2.38. The molecule has 0 spiro atoms. The van der Waals surface area contributed by atoms with Gasteiger partial charge in [-0.15, -0.1) is 0 Å². The molecule has 4 aromatic rings. The van der Waals surface area contributed by atoms with Gasteiger partial charge in [-0.2, -0.15) is 0 Å². The normalized spacial score (nSPS) is 11.2. The van der Waals surface area contributed by atoms with Crippen molar-refractivity contribution >= 4 is 11.0 Å². The smallest absolute Gasteiger partial charge is 0.331 e. The van der Waals surface area contributed by atoms with Gasteiger partial charge in [0.2, 0.25) is 0 Å². The maximum Gasteiger partial charge on any atom is 0.331 e. The van der Waals surface area contributed by atoms with Crippen molar-refractivity contribution in [2.24, 2.45) is 14.1 Å². The molecule has 0 aliphatic carbocycles. The van der Waals surface area contributed by atoms with E-state index in [-0.39, 0.29) is 11.2 Å². The average Bonchev–Trinajstić information content (AvgIpc) is 3.03. The number of fused-ring (bicyclic) bond motifs is 1. The monoisotopic (exact) mass is 359 g/mol. The summed E-state index contributed by atoms with van der Waals surface area (Å²) >= 11 is 0. The van der Waals surface area contributed by atoms with Crippen LogP contribution in [0.25, 0.3) is 22.2 Å². The molecule has 4 rings (SSSR count). The molecule has 0 atom stereocenters. The highest BCUT2D eigenvalue weighted by Crippen LogP contribution is 2.28. The summed E-state index contributed by atoms with van der Waals surface area (Å²) in [5.74, 6) is 0. The van der Waals surface area contributed by atoms with Gasteiger partial charge in [0.1, 0.15) is 5.52 Å². The fraction of sp³-hybridized carbons (Fsp3) is 0.182. The van der Waals surface area contributed by atoms with E-state index in [0.29, 0.717) is 17.6 Å². The Bertz CT molecular complexity index is 1240. The van der Waals surface area contributed by atoms with E-state index >= 15 is 0 Å². The summed E-state index contributed by atoms with van der Waals surface area (Å²) < 4.78 is 4.69. The number of hydrogen-bond acceptors (Lipinski definition) is 2. The molecule has 2 aromatic carbocycles. The van der Waals surface area contributed by atoms with Crippen molar-refractivity contribution in [1.29, 1.82) is 0 Å². The summed E-state index contributed by atoms with van der Waals surface area (Å²) in [4.78, 5) is 25.8. The second kappa shape index (κ2) is 6.43. The van der Waals surface area contributed by atoms with Crippen LogP contribution in [-0.4, -0.2) is 13.7 Å². The molecule has 27 heavy (non-hydrogen) atoms. The van der Waals surface area contributed by atoms with E-state index in [0.717, 1.165) is 16.7 Å². The summed E-state index contributed by atoms with van der Waals surface area (Å²) in [6.45, 7) is 2.44. The first-order chi connectivity index (χ1) is 13.0. The summed E-state index contributed by atoms with van der Waals surface area (Å²) in [5, 5.41) is 0. The zero-order valence-corrected chi connectivity index (χ0v) is 15.6. The van der Waals surface area contributed by atoms with Gasteiger partial charge in [0.15, 0.2) is 0 Å². The average molecular weight is 359 g/mol. The molecule has 0 aliphatic heterocycles. The molecule has 0 unspecified atom stereocenters. The van der Waals surface area contributed by atoms with Gasteiger partial charge >= 0.3 is 5.69 Å². The van der Waals surface area contributed by atoms with Crippen LogP contribution in [-0.2, 0) is 20.6 Å². The third kappa shape index (κ3) is 2.81. The predicted octanol–water partition coefficient (Wildman–Crippen LogP) is 3.06. The molecular weight excluding hydrogens is 338 g/mol. The van der Waals surface area contributed by atoms with Crippen LogP contribution in [0.2, 0.25) is 0 Å². The number of benzene rings is 2. The molecule has 0 bridgehead atoms. The number of aromatic nitrogens is 3. The zero-order valence-electron chi connectivity index (χ0n) is 15.6. The molecule has 136 valence electrons. The molecule has 0 aliphatic rings. The third-order valence-corrected chi connectivity index (χ3v) is 5.00. The van der Waals surface area contributed by atoms with Gasteiger partial charge < -0.3 is 4.57 Å². The minimum absolute atomic E-state index is 0.278. The minimum Gasteiger partial charge on any atom is -0.344 e. The lowest BCUT2D eigenvalue weighted by atomic mass is 10.1. The Hall–Kier alpha value is -3.34. The van der Waals surface area contributed by atoms with Gasteiger partial charge in [0.25, 0.3) is 5.56 Å². The largest absolute Gasteiger partial charge is 0.344 e. The molecule has 2 aromatic heterocycles. The predicted molar refractivity (Wildman–Crippen MR) is 108 cm³/mol. The van der Waals surface area contributed by atoms with E-state index in [9.17, 15) is 9.59 Å². The summed E-state index contributed by atoms with van der Waals surface area (Å²) in [5.41, 5.74) is 4.67. The van der Waals surface area contributed by atoms with E-state index in [1.807, 2.05) is 79.3 Å². The van der Waals surface area contributed by atoms with Crippen LogP contribution in [0.1, 0.15) is 11.1 Å². The summed E-state index contributed by atoms with van der Waals surface area (Å²) in [6, 6.07) is 17.9. The van der Waals surface area contributed by atoms with E-state index in [1.54, 1.807) is 4.57 Å². The molecule has 2 heterocycles. The highest BCUT2D eigenvalue weighted by molar-refractivity contribution is 5.93. The number of rotatable bonds is 3. The van der Waals surface area contributed by atoms with Crippen LogP contribution < -0.4 is 11.2 Å². The van der Waals surface area contributed by atoms with Crippen molar-refractivity contribution < 1.29 is 0 Å². The Morgan fingerprint density at radius 3 is 2.19 bits per heavy atom. The third-order valence-electron chi connectivity index (χ3n) is 5.00. The molecule has 5 heteroatoms. The quantitative estimate of drug-likeness (QED) is 0.564. The van der Waals surface area contributed by atoms with Crippen LogP contribution in [0.5, 0.6) is 0 Å². The topological polar surface area (TPSA) is 48.9 Å². The molecule has 0 saturated heterocycles. The van der Waals surface area contributed by atoms with Crippen LogP contribution in [0.3, 0.4) is 0 Å². The van der Waals surface area contributed by atoms with Gasteiger partial charge in [-0.1, -0.05) is 60.2 Å². The Labute approximate surface area is 156 Å². The van der Waals surface area contributed by atoms with Gasteiger partial charge in [0, 0.05) is 25.9 Å². The van der Waals surface area contributed by atoms with Crippen molar-refractivity contribution in [3.05, 3.63) is 92.8 Å². The first kappa shape index (κ1) is 17.1. The molecule has 5 nitrogen and oxygen atoms in total. The van der Waals surface area contributed by atoms with Crippen LogP contribution in [0.4, 0.5) is 0 Å². The first-order valence-corrected chi connectivity index (χ1v) is 8.87. The molecule has 0 radical (unpaired) electrons. The maximum absolute atomic E-state index is 13.0. The molecule has 0 N–H and O–H groups in total. The Morgan fingerprint density at radius 1 is 0.852 bits per heavy atom. The van der Waals surface area contributed by atoms with E-state index < -0.39 is 0 Å². The van der Waals surface area contributed by atoms with Gasteiger partial charge in [0.05, 0.1) is 12.1 Å². The van der Waals surface area contributed by atoms with Crippen LogP contribution >= 0.6 is 0 Å². The highest BCUT2D eigenvalue weighted by atomic mass is 16.2. The number of hydrogen-bond donors (Lipinski definition) is 0. The second-order valence-corrected chi connectivity index (χ2v) is 6.94. The molecular formula is C22H21N3O2. The lowest BCUT2D eigenvalue weighted by Gasteiger charge is -2.12. The second-order valence-electron chi connectivity index (χ2n) is 6.94. The van der Waals surface area contributed by atoms with Gasteiger partial charge in [-0.25, -0.2) is 4.79 Å². The minimum atomic E-state index is -0.309. The van der Waals surface area contributed by atoms with Crippen molar-refractivity contribution in [3.8, 4) is 11.1 Å². The van der Waals surface area contributed by atoms with E-state index in [2.05, 4.69) is 0 Å². The fourth-order valence-corrected chi connectivity index (χ4v) is 3.51. The molecule has 0 saturated carbocycles. The fourth-order valence-electron chi connectivity index (χ4n) is 3.51. The van der Waals surface area contributed by atoms with Crippen molar-refractivity contribution in [3.63, 3.8) is 0 Å². The van der Waals surface area contributed by atoms with Crippen molar-refractivity contribution in [2.45, 2.75) is 13.5 Å². The van der Waals surface area contributed by atoms with E-state index in [4.69, 9.17) is 0 Å². The Kier molecular flexibility index (Phi) is 4.07. The van der Waals surface area contributed by atoms with E-state index in [1.165, 1.54) is 17.2 Å². The van der Waals surface area contributed by atoms with Crippen molar-refractivity contribution in [1.82, 2.24) is 13.7 Å². The van der Waals surface area contributed by atoms with Gasteiger partial charge in [-0.05, 0) is 18.1 Å². The van der Waals surface area contributed by atoms with Crippen LogP contribution in [0.15, 0.2) is 70.4 Å². The standard InChI is InChI=1S/C22H21N3O2/c1-15-9-11-16(12-10-15)13-25-19-18(17-7-5-4-6-8-17)14-23(2)20(19)21(26)24(3)22(25)27/h4-12,14H,13H2,1-3H3. The molecule has 0 amide bonds. The lowest BCUT2D eigenvalue weighted by molar-refractivity contribution is 0.671. The van der Waals surface area contributed by atoms with Gasteiger partial charge in [-0.3, -0.25) is 13.9 Å². The Balaban J connectivity index is 2.06. The molecule has 0 fully saturated rings.